The van der Waals surface area contributed by atoms with Crippen LogP contribution in [0.2, 0.25) is 0 Å². The molecule has 0 saturated carbocycles. The number of rotatable bonds is 2. The fourth-order valence-electron chi connectivity index (χ4n) is 2.07. The number of benzene rings is 2. The van der Waals surface area contributed by atoms with E-state index in [1.165, 1.54) is 27.8 Å². The quantitative estimate of drug-likeness (QED) is 0.454. The zero-order chi connectivity index (χ0) is 14.2. The number of hydrogen-bond acceptors (Lipinski definition) is 0. The van der Waals surface area contributed by atoms with Crippen LogP contribution in [0.1, 0.15) is 32.6 Å². The Morgan fingerprint density at radius 2 is 1.53 bits per heavy atom. The second-order valence-corrected chi connectivity index (χ2v) is 7.40. The molecule has 19 heavy (non-hydrogen) atoms. The molecule has 0 aliphatic heterocycles. The van der Waals surface area contributed by atoms with E-state index in [9.17, 15) is 0 Å². The number of aryl methyl sites for hydroxylation is 2. The maximum Gasteiger partial charge on any atom is 0.0658 e. The van der Waals surface area contributed by atoms with Gasteiger partial charge in [0, 0.05) is 8.95 Å². The second-order valence-electron chi connectivity index (χ2n) is 4.77. The van der Waals surface area contributed by atoms with Crippen molar-refractivity contribution in [2.75, 3.05) is 0 Å². The molecule has 1 atom stereocenters. The van der Waals surface area contributed by atoms with Crippen LogP contribution in [-0.2, 0) is 0 Å². The Labute approximate surface area is 140 Å². The number of alkyl halides is 1. The van der Waals surface area contributed by atoms with E-state index in [1.807, 2.05) is 0 Å². The van der Waals surface area contributed by atoms with Crippen molar-refractivity contribution in [2.24, 2.45) is 0 Å². The largest absolute Gasteiger partial charge is 0.0786 e. The van der Waals surface area contributed by atoms with Crippen LogP contribution in [0.25, 0.3) is 0 Å². The lowest BCUT2D eigenvalue weighted by Crippen LogP contribution is -1.99. The van der Waals surface area contributed by atoms with E-state index < -0.39 is 0 Å². The minimum absolute atomic E-state index is 0.193. The normalized spacial score (nSPS) is 12.5. The van der Waals surface area contributed by atoms with E-state index in [4.69, 9.17) is 0 Å². The molecule has 100 valence electrons. The van der Waals surface area contributed by atoms with E-state index in [0.717, 1.165) is 8.95 Å². The molecule has 0 radical (unpaired) electrons. The lowest BCUT2D eigenvalue weighted by Gasteiger charge is -2.17. The average molecular weight is 447 g/mol. The highest BCUT2D eigenvalue weighted by atomic mass is 79.9. The number of hydrogen-bond donors (Lipinski definition) is 0. The summed E-state index contributed by atoms with van der Waals surface area (Å²) in [6, 6.07) is 10.8. The summed E-state index contributed by atoms with van der Waals surface area (Å²) in [5.74, 6) is 0. The van der Waals surface area contributed by atoms with Gasteiger partial charge in [0.25, 0.3) is 0 Å². The van der Waals surface area contributed by atoms with Gasteiger partial charge in [0.05, 0.1) is 4.83 Å². The Bertz CT molecular complexity index is 618. The second kappa shape index (κ2) is 6.11. The smallest absolute Gasteiger partial charge is 0.0658 e. The molecular formula is C16H15Br3. The van der Waals surface area contributed by atoms with Crippen LogP contribution in [0.4, 0.5) is 0 Å². The summed E-state index contributed by atoms with van der Waals surface area (Å²) in [5.41, 5.74) is 6.45. The Morgan fingerprint density at radius 1 is 0.842 bits per heavy atom. The van der Waals surface area contributed by atoms with Crippen LogP contribution in [0, 0.1) is 20.8 Å². The molecule has 2 rings (SSSR count). The molecule has 0 amide bonds. The fraction of sp³-hybridized carbons (Fsp3) is 0.250. The summed E-state index contributed by atoms with van der Waals surface area (Å²) >= 11 is 11.1. The van der Waals surface area contributed by atoms with E-state index in [2.05, 4.69) is 98.9 Å². The monoisotopic (exact) mass is 444 g/mol. The SMILES string of the molecule is Cc1cc(Br)c(C(Br)c2cccc(C)c2C)cc1Br. The highest BCUT2D eigenvalue weighted by Gasteiger charge is 2.17. The van der Waals surface area contributed by atoms with Crippen LogP contribution < -0.4 is 0 Å². The third kappa shape index (κ3) is 3.14. The van der Waals surface area contributed by atoms with Crippen LogP contribution in [0.5, 0.6) is 0 Å². The first-order chi connectivity index (χ1) is 8.91. The van der Waals surface area contributed by atoms with Gasteiger partial charge < -0.3 is 0 Å². The summed E-state index contributed by atoms with van der Waals surface area (Å²) < 4.78 is 2.27. The van der Waals surface area contributed by atoms with Crippen molar-refractivity contribution < 1.29 is 0 Å². The molecule has 3 heteroatoms. The predicted molar refractivity (Wildman–Crippen MR) is 93.3 cm³/mol. The van der Waals surface area contributed by atoms with Gasteiger partial charge in [-0.3, -0.25) is 0 Å². The maximum absolute atomic E-state index is 3.84. The first-order valence-electron chi connectivity index (χ1n) is 6.07. The van der Waals surface area contributed by atoms with Crippen molar-refractivity contribution >= 4 is 47.8 Å². The molecule has 0 spiro atoms. The van der Waals surface area contributed by atoms with Gasteiger partial charge in [0.15, 0.2) is 0 Å². The van der Waals surface area contributed by atoms with Gasteiger partial charge in [-0.05, 0) is 60.7 Å². The van der Waals surface area contributed by atoms with Crippen LogP contribution in [0.15, 0.2) is 39.3 Å². The van der Waals surface area contributed by atoms with Crippen molar-refractivity contribution in [2.45, 2.75) is 25.6 Å². The minimum Gasteiger partial charge on any atom is -0.0786 e. The molecule has 2 aromatic carbocycles. The first kappa shape index (κ1) is 15.3. The highest BCUT2D eigenvalue weighted by molar-refractivity contribution is 9.11. The standard InChI is InChI=1S/C16H15Br3/c1-9-5-4-6-12(11(9)3)16(19)13-8-14(17)10(2)7-15(13)18/h4-8,16H,1-3H3. The Hall–Kier alpha value is -0.120. The van der Waals surface area contributed by atoms with Crippen molar-refractivity contribution in [1.82, 2.24) is 0 Å². The molecule has 1 unspecified atom stereocenters. The van der Waals surface area contributed by atoms with Gasteiger partial charge in [0.2, 0.25) is 0 Å². The third-order valence-corrected chi connectivity index (χ3v) is 6.00. The van der Waals surface area contributed by atoms with Gasteiger partial charge in [-0.25, -0.2) is 0 Å². The molecule has 2 aromatic rings. The summed E-state index contributed by atoms with van der Waals surface area (Å²) in [7, 11) is 0. The minimum atomic E-state index is 0.193. The van der Waals surface area contributed by atoms with E-state index in [1.54, 1.807) is 0 Å². The van der Waals surface area contributed by atoms with E-state index in [0.29, 0.717) is 0 Å². The fourth-order valence-corrected chi connectivity index (χ4v) is 4.30. The van der Waals surface area contributed by atoms with E-state index in [-0.39, 0.29) is 4.83 Å². The Morgan fingerprint density at radius 3 is 2.21 bits per heavy atom. The van der Waals surface area contributed by atoms with Crippen LogP contribution in [0.3, 0.4) is 0 Å². The molecule has 0 saturated heterocycles. The molecular weight excluding hydrogens is 432 g/mol. The molecule has 0 aliphatic rings. The van der Waals surface area contributed by atoms with Gasteiger partial charge in [0.1, 0.15) is 0 Å². The van der Waals surface area contributed by atoms with Crippen molar-refractivity contribution in [3.8, 4) is 0 Å². The molecule has 0 bridgehead atoms. The lowest BCUT2D eigenvalue weighted by molar-refractivity contribution is 1.11. The highest BCUT2D eigenvalue weighted by Crippen LogP contribution is 2.39. The van der Waals surface area contributed by atoms with Crippen molar-refractivity contribution in [3.05, 3.63) is 67.1 Å². The summed E-state index contributed by atoms with van der Waals surface area (Å²) in [5, 5.41) is 0. The summed E-state index contributed by atoms with van der Waals surface area (Å²) in [6.45, 7) is 6.43. The maximum atomic E-state index is 3.84. The average Bonchev–Trinajstić information content (AvgIpc) is 2.36. The zero-order valence-electron chi connectivity index (χ0n) is 11.1. The van der Waals surface area contributed by atoms with E-state index >= 15 is 0 Å². The zero-order valence-corrected chi connectivity index (χ0v) is 15.9. The molecule has 0 nitrogen and oxygen atoms in total. The van der Waals surface area contributed by atoms with Gasteiger partial charge >= 0.3 is 0 Å². The van der Waals surface area contributed by atoms with Crippen LogP contribution >= 0.6 is 47.8 Å². The molecule has 0 fully saturated rings. The number of halogens is 3. The molecule has 0 aliphatic carbocycles. The summed E-state index contributed by atoms with van der Waals surface area (Å²) in [4.78, 5) is 0.193. The van der Waals surface area contributed by atoms with Gasteiger partial charge in [-0.15, -0.1) is 0 Å². The van der Waals surface area contributed by atoms with Crippen LogP contribution in [-0.4, -0.2) is 0 Å². The topological polar surface area (TPSA) is 0 Å². The molecule has 0 heterocycles. The van der Waals surface area contributed by atoms with Gasteiger partial charge in [-0.1, -0.05) is 66.0 Å². The first-order valence-corrected chi connectivity index (χ1v) is 8.57. The third-order valence-electron chi connectivity index (χ3n) is 3.47. The Balaban J connectivity index is 2.53. The lowest BCUT2D eigenvalue weighted by atomic mass is 9.97. The van der Waals surface area contributed by atoms with Crippen molar-refractivity contribution in [1.29, 1.82) is 0 Å². The molecule has 0 N–H and O–H groups in total. The Kier molecular flexibility index (Phi) is 4.91. The summed E-state index contributed by atoms with van der Waals surface area (Å²) in [6.07, 6.45) is 0. The molecule has 0 aromatic heterocycles. The predicted octanol–water partition coefficient (Wildman–Crippen LogP) is 6.62. The van der Waals surface area contributed by atoms with Crippen molar-refractivity contribution in [3.63, 3.8) is 0 Å². The van der Waals surface area contributed by atoms with Gasteiger partial charge in [-0.2, -0.15) is 0 Å².